The summed E-state index contributed by atoms with van der Waals surface area (Å²) in [5.41, 5.74) is 2.29. The second-order valence-corrected chi connectivity index (χ2v) is 5.80. The highest BCUT2D eigenvalue weighted by atomic mass is 19.1. The molecule has 0 bridgehead atoms. The summed E-state index contributed by atoms with van der Waals surface area (Å²) >= 11 is 0. The third-order valence-corrected chi connectivity index (χ3v) is 4.16. The van der Waals surface area contributed by atoms with Crippen molar-refractivity contribution < 1.29 is 9.13 Å². The van der Waals surface area contributed by atoms with Gasteiger partial charge in [0.05, 0.1) is 0 Å². The zero-order chi connectivity index (χ0) is 14.4. The standard InChI is InChI=1S/C17H26FNO/c1-3-8-19-17(12-14-6-9-20-10-7-14)16-5-4-15(18)11-13(16)2/h4-5,11,14,17,19H,3,6-10,12H2,1-2H3. The summed E-state index contributed by atoms with van der Waals surface area (Å²) in [4.78, 5) is 0. The second-order valence-electron chi connectivity index (χ2n) is 5.80. The first kappa shape index (κ1) is 15.5. The number of aryl methyl sites for hydroxylation is 1. The van der Waals surface area contributed by atoms with Crippen LogP contribution in [0.1, 0.15) is 49.8 Å². The van der Waals surface area contributed by atoms with E-state index in [0.717, 1.165) is 51.0 Å². The molecule has 1 heterocycles. The van der Waals surface area contributed by atoms with Crippen LogP contribution >= 0.6 is 0 Å². The number of halogens is 1. The molecule has 1 aliphatic rings. The van der Waals surface area contributed by atoms with Gasteiger partial charge in [0, 0.05) is 19.3 Å². The van der Waals surface area contributed by atoms with E-state index in [2.05, 4.69) is 12.2 Å². The van der Waals surface area contributed by atoms with Gasteiger partial charge in [0.1, 0.15) is 5.82 Å². The molecule has 0 amide bonds. The van der Waals surface area contributed by atoms with E-state index < -0.39 is 0 Å². The summed E-state index contributed by atoms with van der Waals surface area (Å²) in [5, 5.41) is 3.63. The molecule has 2 rings (SSSR count). The van der Waals surface area contributed by atoms with Crippen molar-refractivity contribution in [1.29, 1.82) is 0 Å². The van der Waals surface area contributed by atoms with Crippen LogP contribution in [0.15, 0.2) is 18.2 Å². The predicted molar refractivity (Wildman–Crippen MR) is 80.3 cm³/mol. The molecule has 0 saturated carbocycles. The molecule has 1 N–H and O–H groups in total. The van der Waals surface area contributed by atoms with E-state index >= 15 is 0 Å². The fourth-order valence-electron chi connectivity index (χ4n) is 2.98. The minimum absolute atomic E-state index is 0.147. The highest BCUT2D eigenvalue weighted by Gasteiger charge is 2.21. The molecule has 1 unspecified atom stereocenters. The Balaban J connectivity index is 2.08. The molecule has 1 aliphatic heterocycles. The summed E-state index contributed by atoms with van der Waals surface area (Å²) in [7, 11) is 0. The van der Waals surface area contributed by atoms with Gasteiger partial charge in [-0.1, -0.05) is 13.0 Å². The smallest absolute Gasteiger partial charge is 0.123 e. The quantitative estimate of drug-likeness (QED) is 0.850. The maximum atomic E-state index is 13.3. The van der Waals surface area contributed by atoms with Gasteiger partial charge < -0.3 is 10.1 Å². The molecule has 0 aromatic heterocycles. The maximum absolute atomic E-state index is 13.3. The molecule has 0 radical (unpaired) electrons. The first-order valence-electron chi connectivity index (χ1n) is 7.78. The van der Waals surface area contributed by atoms with Crippen molar-refractivity contribution in [2.24, 2.45) is 5.92 Å². The molecule has 3 heteroatoms. The number of benzene rings is 1. The molecule has 112 valence electrons. The minimum atomic E-state index is -0.147. The van der Waals surface area contributed by atoms with Crippen molar-refractivity contribution in [3.63, 3.8) is 0 Å². The van der Waals surface area contributed by atoms with Crippen molar-refractivity contribution in [3.05, 3.63) is 35.1 Å². The highest BCUT2D eigenvalue weighted by molar-refractivity contribution is 5.29. The minimum Gasteiger partial charge on any atom is -0.381 e. The van der Waals surface area contributed by atoms with Crippen LogP contribution in [-0.4, -0.2) is 19.8 Å². The Hall–Kier alpha value is -0.930. The molecular weight excluding hydrogens is 253 g/mol. The van der Waals surface area contributed by atoms with Crippen LogP contribution in [0, 0.1) is 18.7 Å². The first-order chi connectivity index (χ1) is 9.70. The summed E-state index contributed by atoms with van der Waals surface area (Å²) in [5.74, 6) is 0.564. The van der Waals surface area contributed by atoms with Crippen molar-refractivity contribution in [2.45, 2.75) is 45.6 Å². The van der Waals surface area contributed by atoms with Crippen LogP contribution in [-0.2, 0) is 4.74 Å². The molecule has 1 saturated heterocycles. The van der Waals surface area contributed by atoms with Crippen molar-refractivity contribution in [1.82, 2.24) is 5.32 Å². The van der Waals surface area contributed by atoms with E-state index in [9.17, 15) is 4.39 Å². The molecule has 1 fully saturated rings. The van der Waals surface area contributed by atoms with Crippen LogP contribution in [0.3, 0.4) is 0 Å². The van der Waals surface area contributed by atoms with Crippen LogP contribution in [0.4, 0.5) is 4.39 Å². The average molecular weight is 279 g/mol. The van der Waals surface area contributed by atoms with Crippen LogP contribution in [0.5, 0.6) is 0 Å². The lowest BCUT2D eigenvalue weighted by Crippen LogP contribution is -2.27. The Morgan fingerprint density at radius 1 is 1.35 bits per heavy atom. The third-order valence-electron chi connectivity index (χ3n) is 4.16. The zero-order valence-corrected chi connectivity index (χ0v) is 12.6. The van der Waals surface area contributed by atoms with Gasteiger partial charge in [-0.25, -0.2) is 4.39 Å². The normalized spacial score (nSPS) is 18.1. The molecule has 1 aromatic carbocycles. The SMILES string of the molecule is CCCNC(CC1CCOCC1)c1ccc(F)cc1C. The molecule has 2 nitrogen and oxygen atoms in total. The van der Waals surface area contributed by atoms with Crippen molar-refractivity contribution in [2.75, 3.05) is 19.8 Å². The van der Waals surface area contributed by atoms with E-state index in [1.165, 1.54) is 5.56 Å². The fraction of sp³-hybridized carbons (Fsp3) is 0.647. The van der Waals surface area contributed by atoms with Gasteiger partial charge in [0.15, 0.2) is 0 Å². The third kappa shape index (κ3) is 4.29. The first-order valence-corrected chi connectivity index (χ1v) is 7.78. The molecule has 0 spiro atoms. The van der Waals surface area contributed by atoms with Gasteiger partial charge in [-0.05, 0) is 68.3 Å². The fourth-order valence-corrected chi connectivity index (χ4v) is 2.98. The maximum Gasteiger partial charge on any atom is 0.123 e. The molecule has 1 atom stereocenters. The van der Waals surface area contributed by atoms with Crippen LogP contribution < -0.4 is 5.32 Å². The van der Waals surface area contributed by atoms with E-state index in [4.69, 9.17) is 4.74 Å². The summed E-state index contributed by atoms with van der Waals surface area (Å²) in [6.45, 7) is 6.95. The average Bonchev–Trinajstić information content (AvgIpc) is 2.45. The number of ether oxygens (including phenoxy) is 1. The van der Waals surface area contributed by atoms with Gasteiger partial charge in [0.25, 0.3) is 0 Å². The Kier molecular flexibility index (Phi) is 5.99. The molecule has 1 aromatic rings. The summed E-state index contributed by atoms with van der Waals surface area (Å²) in [6, 6.07) is 5.49. The molecular formula is C17H26FNO. The van der Waals surface area contributed by atoms with Crippen molar-refractivity contribution in [3.8, 4) is 0 Å². The topological polar surface area (TPSA) is 21.3 Å². The lowest BCUT2D eigenvalue weighted by molar-refractivity contribution is 0.0605. The van der Waals surface area contributed by atoms with Gasteiger partial charge in [0.2, 0.25) is 0 Å². The van der Waals surface area contributed by atoms with Gasteiger partial charge >= 0.3 is 0 Å². The van der Waals surface area contributed by atoms with E-state index in [1.54, 1.807) is 12.1 Å². The Bertz CT molecular complexity index is 415. The highest BCUT2D eigenvalue weighted by Crippen LogP contribution is 2.29. The summed E-state index contributed by atoms with van der Waals surface area (Å²) in [6.07, 6.45) is 4.52. The number of hydrogen-bond donors (Lipinski definition) is 1. The van der Waals surface area contributed by atoms with Gasteiger partial charge in [-0.2, -0.15) is 0 Å². The Morgan fingerprint density at radius 2 is 2.10 bits per heavy atom. The van der Waals surface area contributed by atoms with Gasteiger partial charge in [-0.3, -0.25) is 0 Å². The van der Waals surface area contributed by atoms with Crippen LogP contribution in [0.25, 0.3) is 0 Å². The Morgan fingerprint density at radius 3 is 2.75 bits per heavy atom. The Labute approximate surface area is 121 Å². The van der Waals surface area contributed by atoms with E-state index in [-0.39, 0.29) is 5.82 Å². The molecule has 0 aliphatic carbocycles. The second kappa shape index (κ2) is 7.75. The zero-order valence-electron chi connectivity index (χ0n) is 12.6. The number of hydrogen-bond acceptors (Lipinski definition) is 2. The van der Waals surface area contributed by atoms with Crippen molar-refractivity contribution >= 4 is 0 Å². The number of nitrogens with one attached hydrogen (secondary N) is 1. The van der Waals surface area contributed by atoms with Gasteiger partial charge in [-0.15, -0.1) is 0 Å². The predicted octanol–water partition coefficient (Wildman–Crippen LogP) is 3.99. The van der Waals surface area contributed by atoms with E-state index in [1.807, 2.05) is 13.0 Å². The lowest BCUT2D eigenvalue weighted by atomic mass is 9.88. The van der Waals surface area contributed by atoms with E-state index in [0.29, 0.717) is 12.0 Å². The molecule has 20 heavy (non-hydrogen) atoms. The lowest BCUT2D eigenvalue weighted by Gasteiger charge is -2.28. The van der Waals surface area contributed by atoms with Crippen LogP contribution in [0.2, 0.25) is 0 Å². The summed E-state index contributed by atoms with van der Waals surface area (Å²) < 4.78 is 18.7. The largest absolute Gasteiger partial charge is 0.381 e. The number of rotatable bonds is 6. The monoisotopic (exact) mass is 279 g/mol.